The molecular weight excluding hydrogens is 402 g/mol. The van der Waals surface area contributed by atoms with Gasteiger partial charge in [0.05, 0.1) is 11.1 Å². The SMILES string of the molecule is O=C(NC1CCCCC1)C1(n2nc(-c3ccccc3)c3ccccc3c2=O)CCOCC1. The molecule has 2 heterocycles. The number of ether oxygens (including phenoxy) is 1. The number of carbonyl (C=O) groups is 1. The Hall–Kier alpha value is -2.99. The van der Waals surface area contributed by atoms with Gasteiger partial charge in [-0.3, -0.25) is 9.59 Å². The molecule has 5 rings (SSSR count). The van der Waals surface area contributed by atoms with Crippen LogP contribution in [0.25, 0.3) is 22.0 Å². The summed E-state index contributed by atoms with van der Waals surface area (Å²) in [7, 11) is 0. The van der Waals surface area contributed by atoms with Crippen LogP contribution in [0.4, 0.5) is 0 Å². The van der Waals surface area contributed by atoms with E-state index in [0.717, 1.165) is 42.3 Å². The molecule has 0 radical (unpaired) electrons. The number of benzene rings is 2. The van der Waals surface area contributed by atoms with Crippen molar-refractivity contribution in [2.45, 2.75) is 56.5 Å². The van der Waals surface area contributed by atoms with Gasteiger partial charge >= 0.3 is 0 Å². The minimum absolute atomic E-state index is 0.100. The van der Waals surface area contributed by atoms with Gasteiger partial charge in [0.2, 0.25) is 5.91 Å². The third kappa shape index (κ3) is 3.73. The van der Waals surface area contributed by atoms with Crippen molar-refractivity contribution in [3.63, 3.8) is 0 Å². The number of hydrogen-bond donors (Lipinski definition) is 1. The molecule has 0 spiro atoms. The Morgan fingerprint density at radius 3 is 2.31 bits per heavy atom. The summed E-state index contributed by atoms with van der Waals surface area (Å²) in [6.45, 7) is 0.861. The zero-order chi connectivity index (χ0) is 22.0. The first-order chi connectivity index (χ1) is 15.7. The second kappa shape index (κ2) is 8.87. The lowest BCUT2D eigenvalue weighted by Gasteiger charge is -2.38. The van der Waals surface area contributed by atoms with Gasteiger partial charge in [-0.05, 0) is 18.9 Å². The summed E-state index contributed by atoms with van der Waals surface area (Å²) in [6, 6.07) is 17.6. The molecule has 2 fully saturated rings. The van der Waals surface area contributed by atoms with Crippen molar-refractivity contribution < 1.29 is 9.53 Å². The Balaban J connectivity index is 1.67. The van der Waals surface area contributed by atoms with Crippen LogP contribution in [0.1, 0.15) is 44.9 Å². The van der Waals surface area contributed by atoms with Crippen molar-refractivity contribution in [1.82, 2.24) is 15.1 Å². The number of rotatable bonds is 4. The number of hydrogen-bond acceptors (Lipinski definition) is 4. The monoisotopic (exact) mass is 431 g/mol. The predicted octanol–water partition coefficient (Wildman–Crippen LogP) is 4.02. The Kier molecular flexibility index (Phi) is 5.79. The first-order valence-electron chi connectivity index (χ1n) is 11.7. The largest absolute Gasteiger partial charge is 0.381 e. The Morgan fingerprint density at radius 2 is 1.59 bits per heavy atom. The zero-order valence-corrected chi connectivity index (χ0v) is 18.3. The van der Waals surface area contributed by atoms with E-state index in [4.69, 9.17) is 9.84 Å². The third-order valence-electron chi connectivity index (χ3n) is 6.94. The minimum Gasteiger partial charge on any atom is -0.381 e. The topological polar surface area (TPSA) is 73.2 Å². The van der Waals surface area contributed by atoms with Gasteiger partial charge in [0.25, 0.3) is 5.56 Å². The maximum Gasteiger partial charge on any atom is 0.275 e. The van der Waals surface area contributed by atoms with Crippen LogP contribution in [0.2, 0.25) is 0 Å². The quantitative estimate of drug-likeness (QED) is 0.677. The highest BCUT2D eigenvalue weighted by Gasteiger charge is 2.45. The maximum absolute atomic E-state index is 13.8. The van der Waals surface area contributed by atoms with Crippen LogP contribution >= 0.6 is 0 Å². The highest BCUT2D eigenvalue weighted by atomic mass is 16.5. The van der Waals surface area contributed by atoms with Gasteiger partial charge in [0, 0.05) is 43.0 Å². The van der Waals surface area contributed by atoms with Gasteiger partial charge in [-0.1, -0.05) is 67.8 Å². The molecule has 0 atom stereocenters. The highest BCUT2D eigenvalue weighted by Crippen LogP contribution is 2.32. The van der Waals surface area contributed by atoms with E-state index < -0.39 is 5.54 Å². The summed E-state index contributed by atoms with van der Waals surface area (Å²) < 4.78 is 7.08. The van der Waals surface area contributed by atoms with Gasteiger partial charge in [0.1, 0.15) is 5.54 Å². The lowest BCUT2D eigenvalue weighted by atomic mass is 9.87. The molecule has 1 N–H and O–H groups in total. The Bertz CT molecular complexity index is 1160. The first-order valence-corrected chi connectivity index (χ1v) is 11.7. The van der Waals surface area contributed by atoms with Crippen molar-refractivity contribution in [3.8, 4) is 11.3 Å². The van der Waals surface area contributed by atoms with Crippen LogP contribution in [-0.4, -0.2) is 34.9 Å². The normalized spacial score (nSPS) is 19.0. The van der Waals surface area contributed by atoms with E-state index in [-0.39, 0.29) is 17.5 Å². The molecule has 166 valence electrons. The van der Waals surface area contributed by atoms with Gasteiger partial charge in [-0.2, -0.15) is 5.10 Å². The molecule has 1 amide bonds. The summed E-state index contributed by atoms with van der Waals surface area (Å²) in [5.74, 6) is -0.100. The van der Waals surface area contributed by atoms with Crippen molar-refractivity contribution >= 4 is 16.7 Å². The molecule has 6 heteroatoms. The van der Waals surface area contributed by atoms with E-state index in [1.165, 1.54) is 11.1 Å². The molecule has 0 bridgehead atoms. The molecule has 6 nitrogen and oxygen atoms in total. The van der Waals surface area contributed by atoms with E-state index >= 15 is 0 Å². The fraction of sp³-hybridized carbons (Fsp3) is 0.423. The minimum atomic E-state index is -1.04. The highest BCUT2D eigenvalue weighted by molar-refractivity contribution is 5.94. The number of nitrogens with zero attached hydrogens (tertiary/aromatic N) is 2. The number of nitrogens with one attached hydrogen (secondary N) is 1. The molecule has 0 unspecified atom stereocenters. The molecule has 2 aliphatic rings. The summed E-state index contributed by atoms with van der Waals surface area (Å²) in [4.78, 5) is 27.5. The first kappa shape index (κ1) is 20.9. The van der Waals surface area contributed by atoms with Crippen LogP contribution in [0.3, 0.4) is 0 Å². The van der Waals surface area contributed by atoms with Crippen molar-refractivity contribution in [1.29, 1.82) is 0 Å². The van der Waals surface area contributed by atoms with E-state index in [2.05, 4.69) is 5.32 Å². The molecule has 2 aromatic carbocycles. The number of carbonyl (C=O) groups excluding carboxylic acids is 1. The standard InChI is InChI=1S/C26H29N3O3/c30-24-22-14-8-7-13-21(22)23(19-9-3-1-4-10-19)28-29(24)26(15-17-32-18-16-26)25(31)27-20-11-5-2-6-12-20/h1,3-4,7-10,13-14,20H,2,5-6,11-12,15-18H2,(H,27,31). The van der Waals surface area contributed by atoms with Gasteiger partial charge in [0.15, 0.2) is 0 Å². The summed E-state index contributed by atoms with van der Waals surface area (Å²) >= 11 is 0. The molecule has 1 aliphatic carbocycles. The number of aromatic nitrogens is 2. The summed E-state index contributed by atoms with van der Waals surface area (Å²) in [6.07, 6.45) is 6.34. The summed E-state index contributed by atoms with van der Waals surface area (Å²) in [5.41, 5.74) is 0.380. The number of fused-ring (bicyclic) bond motifs is 1. The smallest absolute Gasteiger partial charge is 0.275 e. The second-order valence-electron chi connectivity index (χ2n) is 8.93. The fourth-order valence-electron chi connectivity index (χ4n) is 5.10. The lowest BCUT2D eigenvalue weighted by molar-refractivity contribution is -0.137. The zero-order valence-electron chi connectivity index (χ0n) is 18.3. The average Bonchev–Trinajstić information content (AvgIpc) is 2.86. The maximum atomic E-state index is 13.8. The molecule has 1 aliphatic heterocycles. The second-order valence-corrected chi connectivity index (χ2v) is 8.93. The van der Waals surface area contributed by atoms with Gasteiger partial charge in [-0.15, -0.1) is 0 Å². The van der Waals surface area contributed by atoms with Gasteiger partial charge < -0.3 is 10.1 Å². The molecule has 1 saturated heterocycles. The molecule has 3 aromatic rings. The van der Waals surface area contributed by atoms with E-state index in [9.17, 15) is 9.59 Å². The predicted molar refractivity (Wildman–Crippen MR) is 124 cm³/mol. The summed E-state index contributed by atoms with van der Waals surface area (Å²) in [5, 5.41) is 9.52. The van der Waals surface area contributed by atoms with Crippen LogP contribution in [0.15, 0.2) is 59.4 Å². The Labute approximate surface area is 187 Å². The molecule has 32 heavy (non-hydrogen) atoms. The van der Waals surface area contributed by atoms with Crippen molar-refractivity contribution in [3.05, 3.63) is 65.0 Å². The van der Waals surface area contributed by atoms with Crippen LogP contribution in [-0.2, 0) is 15.1 Å². The third-order valence-corrected chi connectivity index (χ3v) is 6.94. The van der Waals surface area contributed by atoms with E-state index in [1.807, 2.05) is 54.6 Å². The van der Waals surface area contributed by atoms with Crippen LogP contribution in [0, 0.1) is 0 Å². The fourth-order valence-corrected chi connectivity index (χ4v) is 5.10. The average molecular weight is 432 g/mol. The van der Waals surface area contributed by atoms with E-state index in [1.54, 1.807) is 0 Å². The Morgan fingerprint density at radius 1 is 0.938 bits per heavy atom. The molecular formula is C26H29N3O3. The van der Waals surface area contributed by atoms with Gasteiger partial charge in [-0.25, -0.2) is 4.68 Å². The number of amides is 1. The lowest BCUT2D eigenvalue weighted by Crippen LogP contribution is -2.58. The van der Waals surface area contributed by atoms with E-state index in [0.29, 0.717) is 31.4 Å². The molecule has 1 saturated carbocycles. The molecule has 1 aromatic heterocycles. The van der Waals surface area contributed by atoms with Crippen LogP contribution in [0.5, 0.6) is 0 Å². The van der Waals surface area contributed by atoms with Crippen molar-refractivity contribution in [2.75, 3.05) is 13.2 Å². The van der Waals surface area contributed by atoms with Crippen LogP contribution < -0.4 is 10.9 Å². The van der Waals surface area contributed by atoms with Crippen molar-refractivity contribution in [2.24, 2.45) is 0 Å².